The average Bonchev–Trinajstić information content (AvgIpc) is 2.55. The van der Waals surface area contributed by atoms with Gasteiger partial charge in [-0.15, -0.1) is 0 Å². The second-order valence-electron chi connectivity index (χ2n) is 5.62. The molecule has 2 aromatic rings. The first-order chi connectivity index (χ1) is 10.7. The zero-order valence-corrected chi connectivity index (χ0v) is 13.0. The van der Waals surface area contributed by atoms with Gasteiger partial charge in [0.15, 0.2) is 17.3 Å². The van der Waals surface area contributed by atoms with Crippen molar-refractivity contribution in [2.75, 3.05) is 7.11 Å². The molecule has 3 heteroatoms. The van der Waals surface area contributed by atoms with Crippen LogP contribution >= 0.6 is 0 Å². The van der Waals surface area contributed by atoms with E-state index in [0.29, 0.717) is 17.1 Å². The van der Waals surface area contributed by atoms with E-state index < -0.39 is 0 Å². The summed E-state index contributed by atoms with van der Waals surface area (Å²) in [7, 11) is 1.62. The fraction of sp³-hybridized carbons (Fsp3) is 0.316. The van der Waals surface area contributed by atoms with Crippen molar-refractivity contribution >= 4 is 5.78 Å². The lowest BCUT2D eigenvalue weighted by Crippen LogP contribution is -2.15. The largest absolute Gasteiger partial charge is 0.493 e. The number of rotatable bonds is 4. The molecular formula is C19H20O3. The quantitative estimate of drug-likeness (QED) is 0.787. The maximum Gasteiger partial charge on any atom is 0.162 e. The second-order valence-corrected chi connectivity index (χ2v) is 5.62. The summed E-state index contributed by atoms with van der Waals surface area (Å²) in [6.45, 7) is 1.56. The number of ether oxygens (including phenoxy) is 2. The third-order valence-electron chi connectivity index (χ3n) is 4.15. The van der Waals surface area contributed by atoms with Crippen LogP contribution in [0, 0.1) is 0 Å². The highest BCUT2D eigenvalue weighted by molar-refractivity contribution is 5.94. The molecule has 1 aliphatic carbocycles. The van der Waals surface area contributed by atoms with Crippen LogP contribution in [0.5, 0.6) is 11.5 Å². The normalized spacial score (nSPS) is 16.7. The van der Waals surface area contributed by atoms with Gasteiger partial charge in [-0.05, 0) is 55.5 Å². The summed E-state index contributed by atoms with van der Waals surface area (Å²) in [5.74, 6) is 1.32. The van der Waals surface area contributed by atoms with E-state index in [-0.39, 0.29) is 11.9 Å². The van der Waals surface area contributed by atoms with E-state index in [1.807, 2.05) is 6.07 Å². The fourth-order valence-corrected chi connectivity index (χ4v) is 2.97. The number of carbonyl (C=O) groups is 1. The molecule has 3 rings (SSSR count). The first-order valence-corrected chi connectivity index (χ1v) is 7.62. The Bertz CT molecular complexity index is 691. The summed E-state index contributed by atoms with van der Waals surface area (Å²) < 4.78 is 11.6. The Morgan fingerprint density at radius 2 is 1.95 bits per heavy atom. The summed E-state index contributed by atoms with van der Waals surface area (Å²) in [5, 5.41) is 0. The van der Waals surface area contributed by atoms with Crippen molar-refractivity contribution < 1.29 is 14.3 Å². The molecule has 0 aromatic heterocycles. The Morgan fingerprint density at radius 3 is 2.73 bits per heavy atom. The van der Waals surface area contributed by atoms with Crippen molar-refractivity contribution in [3.8, 4) is 11.5 Å². The van der Waals surface area contributed by atoms with E-state index in [1.54, 1.807) is 32.2 Å². The van der Waals surface area contributed by atoms with Gasteiger partial charge in [0.2, 0.25) is 0 Å². The van der Waals surface area contributed by atoms with Gasteiger partial charge in [-0.2, -0.15) is 0 Å². The van der Waals surface area contributed by atoms with E-state index in [2.05, 4.69) is 18.2 Å². The molecule has 1 aliphatic rings. The predicted molar refractivity (Wildman–Crippen MR) is 85.7 cm³/mol. The van der Waals surface area contributed by atoms with Crippen LogP contribution in [0.2, 0.25) is 0 Å². The van der Waals surface area contributed by atoms with E-state index >= 15 is 0 Å². The zero-order valence-electron chi connectivity index (χ0n) is 13.0. The van der Waals surface area contributed by atoms with Gasteiger partial charge < -0.3 is 9.47 Å². The van der Waals surface area contributed by atoms with Crippen molar-refractivity contribution in [3.63, 3.8) is 0 Å². The van der Waals surface area contributed by atoms with Crippen LogP contribution in [0.25, 0.3) is 0 Å². The van der Waals surface area contributed by atoms with Gasteiger partial charge >= 0.3 is 0 Å². The van der Waals surface area contributed by atoms with Crippen LogP contribution in [-0.2, 0) is 6.42 Å². The topological polar surface area (TPSA) is 35.5 Å². The highest BCUT2D eigenvalue weighted by Crippen LogP contribution is 2.37. The number of aryl methyl sites for hydroxylation is 1. The number of carbonyl (C=O) groups excluding carboxylic acids is 1. The van der Waals surface area contributed by atoms with Gasteiger partial charge in [0.1, 0.15) is 6.10 Å². The molecule has 0 fully saturated rings. The van der Waals surface area contributed by atoms with E-state index in [4.69, 9.17) is 9.47 Å². The number of ketones is 1. The van der Waals surface area contributed by atoms with Crippen molar-refractivity contribution in [2.45, 2.75) is 32.3 Å². The number of Topliss-reactive ketones (excluding diaryl/α,β-unsaturated/α-hetero) is 1. The molecular weight excluding hydrogens is 276 g/mol. The smallest absolute Gasteiger partial charge is 0.162 e. The summed E-state index contributed by atoms with van der Waals surface area (Å²) >= 11 is 0. The summed E-state index contributed by atoms with van der Waals surface area (Å²) in [4.78, 5) is 11.6. The SMILES string of the molecule is COc1ccc(C(C)=O)cc1OC1CCCc2ccccc21. The molecule has 114 valence electrons. The van der Waals surface area contributed by atoms with Crippen molar-refractivity contribution in [2.24, 2.45) is 0 Å². The molecule has 0 saturated carbocycles. The molecule has 3 nitrogen and oxygen atoms in total. The molecule has 0 spiro atoms. The standard InChI is InChI=1S/C19H20O3/c1-13(20)15-10-11-18(21-2)19(12-15)22-17-9-5-7-14-6-3-4-8-16(14)17/h3-4,6,8,10-12,17H,5,7,9H2,1-2H3. The number of hydrogen-bond acceptors (Lipinski definition) is 3. The Balaban J connectivity index is 1.93. The molecule has 2 aromatic carbocycles. The second kappa shape index (κ2) is 6.22. The predicted octanol–water partition coefficient (Wildman–Crippen LogP) is 4.35. The number of hydrogen-bond donors (Lipinski definition) is 0. The zero-order chi connectivity index (χ0) is 15.5. The van der Waals surface area contributed by atoms with Crippen molar-refractivity contribution in [1.29, 1.82) is 0 Å². The summed E-state index contributed by atoms with van der Waals surface area (Å²) in [6, 6.07) is 13.7. The molecule has 1 unspecified atom stereocenters. The molecule has 0 bridgehead atoms. The molecule has 22 heavy (non-hydrogen) atoms. The van der Waals surface area contributed by atoms with Crippen LogP contribution in [0.1, 0.15) is 47.4 Å². The first-order valence-electron chi connectivity index (χ1n) is 7.62. The Kier molecular flexibility index (Phi) is 4.14. The van der Waals surface area contributed by atoms with Crippen LogP contribution in [0.15, 0.2) is 42.5 Å². The minimum atomic E-state index is 0.0149. The number of benzene rings is 2. The van der Waals surface area contributed by atoms with Gasteiger partial charge in [0.05, 0.1) is 7.11 Å². The van der Waals surface area contributed by atoms with Crippen molar-refractivity contribution in [1.82, 2.24) is 0 Å². The third-order valence-corrected chi connectivity index (χ3v) is 4.15. The minimum Gasteiger partial charge on any atom is -0.493 e. The Morgan fingerprint density at radius 1 is 1.14 bits per heavy atom. The van der Waals surface area contributed by atoms with Crippen LogP contribution in [0.4, 0.5) is 0 Å². The van der Waals surface area contributed by atoms with Crippen molar-refractivity contribution in [3.05, 3.63) is 59.2 Å². The molecule has 0 saturated heterocycles. The molecule has 0 heterocycles. The van der Waals surface area contributed by atoms with E-state index in [0.717, 1.165) is 19.3 Å². The Hall–Kier alpha value is -2.29. The molecule has 0 N–H and O–H groups in total. The summed E-state index contributed by atoms with van der Waals surface area (Å²) in [6.07, 6.45) is 3.20. The fourth-order valence-electron chi connectivity index (χ4n) is 2.97. The lowest BCUT2D eigenvalue weighted by atomic mass is 9.89. The van der Waals surface area contributed by atoms with Gasteiger partial charge in [0.25, 0.3) is 0 Å². The number of methoxy groups -OCH3 is 1. The first kappa shape index (κ1) is 14.6. The number of fused-ring (bicyclic) bond motifs is 1. The highest BCUT2D eigenvalue weighted by Gasteiger charge is 2.22. The maximum atomic E-state index is 11.6. The molecule has 0 amide bonds. The van der Waals surface area contributed by atoms with E-state index in [9.17, 15) is 4.79 Å². The lowest BCUT2D eigenvalue weighted by Gasteiger charge is -2.27. The highest BCUT2D eigenvalue weighted by atomic mass is 16.5. The maximum absolute atomic E-state index is 11.6. The van der Waals surface area contributed by atoms with Gasteiger partial charge in [-0.25, -0.2) is 0 Å². The average molecular weight is 296 g/mol. The lowest BCUT2D eigenvalue weighted by molar-refractivity contribution is 0.101. The third kappa shape index (κ3) is 2.84. The van der Waals surface area contributed by atoms with Gasteiger partial charge in [0, 0.05) is 5.56 Å². The van der Waals surface area contributed by atoms with Gasteiger partial charge in [-0.3, -0.25) is 4.79 Å². The van der Waals surface area contributed by atoms with Gasteiger partial charge in [-0.1, -0.05) is 24.3 Å². The van der Waals surface area contributed by atoms with Crippen LogP contribution in [-0.4, -0.2) is 12.9 Å². The van der Waals surface area contributed by atoms with E-state index in [1.165, 1.54) is 11.1 Å². The monoisotopic (exact) mass is 296 g/mol. The molecule has 0 radical (unpaired) electrons. The Labute approximate surface area is 130 Å². The minimum absolute atomic E-state index is 0.0149. The summed E-state index contributed by atoms with van der Waals surface area (Å²) in [5.41, 5.74) is 3.23. The molecule has 0 aliphatic heterocycles. The van der Waals surface area contributed by atoms with Crippen LogP contribution < -0.4 is 9.47 Å². The van der Waals surface area contributed by atoms with Crippen LogP contribution in [0.3, 0.4) is 0 Å². The molecule has 1 atom stereocenters.